The molecule has 0 radical (unpaired) electrons. The number of rotatable bonds is 6. The lowest BCUT2D eigenvalue weighted by Gasteiger charge is -2.24. The predicted octanol–water partition coefficient (Wildman–Crippen LogP) is 5.94. The number of hydrogen-bond acceptors (Lipinski definition) is 5. The second-order valence-corrected chi connectivity index (χ2v) is 11.7. The number of hydrogen-bond donors (Lipinski definition) is 1. The van der Waals surface area contributed by atoms with E-state index in [-0.39, 0.29) is 11.7 Å². The number of halogens is 1. The van der Waals surface area contributed by atoms with E-state index in [9.17, 15) is 9.59 Å². The molecule has 7 nitrogen and oxygen atoms in total. The van der Waals surface area contributed by atoms with Crippen molar-refractivity contribution in [1.29, 1.82) is 0 Å². The second-order valence-electron chi connectivity index (χ2n) is 10.8. The van der Waals surface area contributed by atoms with Gasteiger partial charge in [-0.25, -0.2) is 9.78 Å². The maximum absolute atomic E-state index is 12.7. The Morgan fingerprint density at radius 3 is 2.22 bits per heavy atom. The number of aryl methyl sites for hydroxylation is 2. The van der Waals surface area contributed by atoms with E-state index in [0.29, 0.717) is 24.0 Å². The average Bonchev–Trinajstić information content (AvgIpc) is 2.74. The third-order valence-electron chi connectivity index (χ3n) is 4.80. The highest BCUT2D eigenvalue weighted by Gasteiger charge is 2.19. The molecule has 1 amide bonds. The molecule has 0 aliphatic heterocycles. The minimum atomic E-state index is -0.506. The van der Waals surface area contributed by atoms with Crippen molar-refractivity contribution in [2.75, 3.05) is 7.05 Å². The zero-order valence-electron chi connectivity index (χ0n) is 22.3. The number of aliphatic hydroxyl groups is 1. The second kappa shape index (κ2) is 12.5. The standard InChI is InChI=1S/C24H28BrN3O3.C4H10O/c1-24(2,3)31-23(30)27(4)15-18-9-7-17(8-10-18)6-5-13-28-16-26-21-12-11-19(25)14-20(21)22(28)29;1-4(2,3)5/h7-12,14,16H,5-6,13,15H2,1-4H3;5H,1-3H3. The molecule has 0 atom stereocenters. The number of benzene rings is 2. The molecule has 0 bridgehead atoms. The fraction of sp³-hybridized carbons (Fsp3) is 0.464. The SMILES string of the molecule is CC(C)(C)O.CN(Cc1ccc(CCCn2cnc3ccc(Br)cc3c2=O)cc1)C(=O)OC(C)(C)C. The molecule has 0 fully saturated rings. The molecule has 0 aliphatic rings. The number of carbonyl (C=O) groups is 1. The summed E-state index contributed by atoms with van der Waals surface area (Å²) in [5, 5.41) is 9.14. The third-order valence-corrected chi connectivity index (χ3v) is 5.29. The van der Waals surface area contributed by atoms with Crippen molar-refractivity contribution in [3.05, 3.63) is 74.7 Å². The molecule has 196 valence electrons. The summed E-state index contributed by atoms with van der Waals surface area (Å²) in [5.74, 6) is 0. The number of fused-ring (bicyclic) bond motifs is 1. The lowest BCUT2D eigenvalue weighted by molar-refractivity contribution is 0.0285. The Morgan fingerprint density at radius 1 is 1.06 bits per heavy atom. The molecule has 8 heteroatoms. The van der Waals surface area contributed by atoms with Gasteiger partial charge in [0.05, 0.1) is 22.8 Å². The Bertz CT molecular complexity index is 1200. The van der Waals surface area contributed by atoms with Crippen molar-refractivity contribution >= 4 is 32.9 Å². The molecule has 1 heterocycles. The van der Waals surface area contributed by atoms with Crippen LogP contribution in [-0.2, 0) is 24.2 Å². The van der Waals surface area contributed by atoms with Gasteiger partial charge >= 0.3 is 6.09 Å². The summed E-state index contributed by atoms with van der Waals surface area (Å²) in [5.41, 5.74) is 1.91. The number of ether oxygens (including phenoxy) is 1. The highest BCUT2D eigenvalue weighted by molar-refractivity contribution is 9.10. The van der Waals surface area contributed by atoms with Gasteiger partial charge in [0, 0.05) is 24.6 Å². The third kappa shape index (κ3) is 10.5. The number of nitrogens with zero attached hydrogens (tertiary/aromatic N) is 3. The van der Waals surface area contributed by atoms with Crippen LogP contribution in [0.4, 0.5) is 4.79 Å². The molecule has 1 N–H and O–H groups in total. The summed E-state index contributed by atoms with van der Waals surface area (Å²) in [6.45, 7) is 11.9. The monoisotopic (exact) mass is 559 g/mol. The van der Waals surface area contributed by atoms with Gasteiger partial charge in [-0.05, 0) is 83.7 Å². The largest absolute Gasteiger partial charge is 0.444 e. The average molecular weight is 561 g/mol. The summed E-state index contributed by atoms with van der Waals surface area (Å²) in [6.07, 6.45) is 2.97. The van der Waals surface area contributed by atoms with Crippen LogP contribution in [0, 0.1) is 0 Å². The lowest BCUT2D eigenvalue weighted by Crippen LogP contribution is -2.33. The molecule has 0 spiro atoms. The smallest absolute Gasteiger partial charge is 0.410 e. The topological polar surface area (TPSA) is 84.7 Å². The highest BCUT2D eigenvalue weighted by Crippen LogP contribution is 2.16. The van der Waals surface area contributed by atoms with Gasteiger partial charge in [0.25, 0.3) is 5.56 Å². The maximum Gasteiger partial charge on any atom is 0.410 e. The number of carbonyl (C=O) groups excluding carboxylic acids is 1. The molecule has 3 aromatic rings. The van der Waals surface area contributed by atoms with E-state index in [2.05, 4.69) is 33.0 Å². The summed E-state index contributed by atoms with van der Waals surface area (Å²) >= 11 is 3.41. The molecule has 0 unspecified atom stereocenters. The van der Waals surface area contributed by atoms with Gasteiger partial charge in [-0.2, -0.15) is 0 Å². The highest BCUT2D eigenvalue weighted by atomic mass is 79.9. The van der Waals surface area contributed by atoms with Gasteiger partial charge in [0.2, 0.25) is 0 Å². The Balaban J connectivity index is 0.000000830. The Hall–Kier alpha value is -2.71. The van der Waals surface area contributed by atoms with Gasteiger partial charge in [-0.3, -0.25) is 9.36 Å². The van der Waals surface area contributed by atoms with E-state index in [1.807, 2.05) is 51.1 Å². The first kappa shape index (κ1) is 29.5. The van der Waals surface area contributed by atoms with Crippen molar-refractivity contribution in [1.82, 2.24) is 14.5 Å². The summed E-state index contributed by atoms with van der Waals surface area (Å²) in [4.78, 5) is 30.7. The van der Waals surface area contributed by atoms with Crippen molar-refractivity contribution in [2.45, 2.75) is 78.7 Å². The first-order valence-electron chi connectivity index (χ1n) is 12.0. The van der Waals surface area contributed by atoms with Crippen LogP contribution in [0.2, 0.25) is 0 Å². The van der Waals surface area contributed by atoms with E-state index in [1.165, 1.54) is 5.56 Å². The molecule has 1 aromatic heterocycles. The van der Waals surface area contributed by atoms with Crippen LogP contribution in [-0.4, -0.2) is 43.9 Å². The lowest BCUT2D eigenvalue weighted by atomic mass is 10.1. The van der Waals surface area contributed by atoms with Gasteiger partial charge in [0.1, 0.15) is 5.60 Å². The van der Waals surface area contributed by atoms with Crippen LogP contribution >= 0.6 is 15.9 Å². The van der Waals surface area contributed by atoms with Crippen molar-refractivity contribution in [3.8, 4) is 0 Å². The van der Waals surface area contributed by atoms with E-state index in [4.69, 9.17) is 9.84 Å². The summed E-state index contributed by atoms with van der Waals surface area (Å²) in [6, 6.07) is 13.7. The summed E-state index contributed by atoms with van der Waals surface area (Å²) < 4.78 is 7.92. The van der Waals surface area contributed by atoms with E-state index in [1.54, 1.807) is 43.6 Å². The normalized spacial score (nSPS) is 11.6. The summed E-state index contributed by atoms with van der Waals surface area (Å²) in [7, 11) is 1.73. The quantitative estimate of drug-likeness (QED) is 0.404. The molecule has 0 aliphatic carbocycles. The molecular weight excluding hydrogens is 522 g/mol. The van der Waals surface area contributed by atoms with Crippen molar-refractivity contribution in [2.24, 2.45) is 0 Å². The number of amides is 1. The Labute approximate surface area is 222 Å². The van der Waals surface area contributed by atoms with Gasteiger partial charge < -0.3 is 14.7 Å². The Morgan fingerprint density at radius 2 is 1.64 bits per heavy atom. The predicted molar refractivity (Wildman–Crippen MR) is 148 cm³/mol. The molecule has 2 aromatic carbocycles. The van der Waals surface area contributed by atoms with Crippen LogP contribution in [0.1, 0.15) is 59.1 Å². The van der Waals surface area contributed by atoms with Crippen LogP contribution in [0.3, 0.4) is 0 Å². The molecule has 0 saturated carbocycles. The zero-order valence-corrected chi connectivity index (χ0v) is 23.9. The van der Waals surface area contributed by atoms with Crippen LogP contribution in [0.15, 0.2) is 58.1 Å². The Kier molecular flexibility index (Phi) is 10.3. The first-order valence-corrected chi connectivity index (χ1v) is 12.8. The molecule has 3 rings (SSSR count). The minimum absolute atomic E-state index is 0.0215. The van der Waals surface area contributed by atoms with Crippen molar-refractivity contribution < 1.29 is 14.6 Å². The fourth-order valence-electron chi connectivity index (χ4n) is 3.23. The zero-order chi connectivity index (χ0) is 27.1. The molecule has 0 saturated heterocycles. The van der Waals surface area contributed by atoms with E-state index < -0.39 is 11.2 Å². The first-order chi connectivity index (χ1) is 16.6. The van der Waals surface area contributed by atoms with Gasteiger partial charge in [-0.15, -0.1) is 0 Å². The maximum atomic E-state index is 12.7. The molecule has 36 heavy (non-hydrogen) atoms. The van der Waals surface area contributed by atoms with Gasteiger partial charge in [0.15, 0.2) is 0 Å². The van der Waals surface area contributed by atoms with Crippen LogP contribution in [0.25, 0.3) is 10.9 Å². The van der Waals surface area contributed by atoms with Crippen molar-refractivity contribution in [3.63, 3.8) is 0 Å². The van der Waals surface area contributed by atoms with E-state index in [0.717, 1.165) is 22.9 Å². The van der Waals surface area contributed by atoms with Crippen LogP contribution in [0.5, 0.6) is 0 Å². The minimum Gasteiger partial charge on any atom is -0.444 e. The van der Waals surface area contributed by atoms with E-state index >= 15 is 0 Å². The van der Waals surface area contributed by atoms with Gasteiger partial charge in [-0.1, -0.05) is 40.2 Å². The van der Waals surface area contributed by atoms with Crippen LogP contribution < -0.4 is 5.56 Å². The fourth-order valence-corrected chi connectivity index (χ4v) is 3.59. The molecular formula is C28H38BrN3O4. The number of aromatic nitrogens is 2.